The molecule has 0 spiro atoms. The largest absolute Gasteiger partial charge is 0.481 e. The van der Waals surface area contributed by atoms with Gasteiger partial charge in [-0.25, -0.2) is 4.98 Å². The fraction of sp³-hybridized carbons (Fsp3) is 0.273. The molecule has 0 saturated carbocycles. The number of nitrogens with zero attached hydrogens (tertiary/aromatic N) is 2. The van der Waals surface area contributed by atoms with Crippen molar-refractivity contribution in [1.29, 1.82) is 0 Å². The Bertz CT molecular complexity index is 548. The van der Waals surface area contributed by atoms with Crippen LogP contribution >= 0.6 is 11.6 Å². The summed E-state index contributed by atoms with van der Waals surface area (Å²) in [5.74, 6) is -0.0602. The van der Waals surface area contributed by atoms with Crippen molar-refractivity contribution >= 4 is 23.1 Å². The predicted octanol–water partition coefficient (Wildman–Crippen LogP) is 2.31. The summed E-state index contributed by atoms with van der Waals surface area (Å²) in [5, 5.41) is 9.29. The molecule has 0 bridgehead atoms. The molecule has 0 aliphatic heterocycles. The molecule has 2 rings (SSSR count). The zero-order valence-electron chi connectivity index (χ0n) is 8.77. The maximum atomic E-state index is 10.5. The number of pyridine rings is 1. The highest BCUT2D eigenvalue weighted by Gasteiger charge is 2.09. The lowest BCUT2D eigenvalue weighted by Gasteiger charge is -1.99. The Morgan fingerprint density at radius 2 is 2.38 bits per heavy atom. The smallest absolute Gasteiger partial charge is 0.303 e. The minimum atomic E-state index is -0.816. The summed E-state index contributed by atoms with van der Waals surface area (Å²) in [6, 6.07) is 3.59. The minimum Gasteiger partial charge on any atom is -0.481 e. The lowest BCUT2D eigenvalue weighted by Crippen LogP contribution is -2.01. The van der Waals surface area contributed by atoms with Crippen LogP contribution in [0.4, 0.5) is 0 Å². The Hall–Kier alpha value is -1.55. The molecular formula is C11H11ClN2O2. The van der Waals surface area contributed by atoms with Crippen molar-refractivity contribution in [2.24, 2.45) is 0 Å². The normalized spacial score (nSPS) is 10.9. The predicted molar refractivity (Wildman–Crippen MR) is 60.9 cm³/mol. The molecule has 2 aromatic heterocycles. The first-order valence-electron chi connectivity index (χ1n) is 4.93. The van der Waals surface area contributed by atoms with Gasteiger partial charge in [-0.3, -0.25) is 4.79 Å². The highest BCUT2D eigenvalue weighted by atomic mass is 35.5. The van der Waals surface area contributed by atoms with Crippen LogP contribution in [-0.2, 0) is 11.2 Å². The first-order valence-corrected chi connectivity index (χ1v) is 5.30. The van der Waals surface area contributed by atoms with Crippen molar-refractivity contribution in [3.05, 3.63) is 34.9 Å². The number of carboxylic acid groups (broad SMARTS) is 1. The second-order valence-corrected chi connectivity index (χ2v) is 4.04. The summed E-state index contributed by atoms with van der Waals surface area (Å²) in [7, 11) is 0. The van der Waals surface area contributed by atoms with Crippen LogP contribution < -0.4 is 0 Å². The quantitative estimate of drug-likeness (QED) is 0.893. The first-order chi connectivity index (χ1) is 7.58. The van der Waals surface area contributed by atoms with Crippen molar-refractivity contribution in [2.75, 3.05) is 0 Å². The number of hydrogen-bond donors (Lipinski definition) is 1. The number of carbonyl (C=O) groups is 1. The average Bonchev–Trinajstić information content (AvgIpc) is 2.53. The van der Waals surface area contributed by atoms with Crippen molar-refractivity contribution in [3.8, 4) is 0 Å². The van der Waals surface area contributed by atoms with Crippen LogP contribution in [0.25, 0.3) is 5.52 Å². The minimum absolute atomic E-state index is 0.0845. The topological polar surface area (TPSA) is 54.6 Å². The van der Waals surface area contributed by atoms with Crippen LogP contribution in [0.3, 0.4) is 0 Å². The summed E-state index contributed by atoms with van der Waals surface area (Å²) in [4.78, 5) is 14.9. The molecule has 0 unspecified atom stereocenters. The van der Waals surface area contributed by atoms with Gasteiger partial charge in [-0.05, 0) is 19.1 Å². The molecule has 0 aromatic carbocycles. The Morgan fingerprint density at radius 3 is 3.06 bits per heavy atom. The van der Waals surface area contributed by atoms with E-state index in [1.165, 1.54) is 0 Å². The van der Waals surface area contributed by atoms with Crippen LogP contribution in [0, 0.1) is 6.92 Å². The van der Waals surface area contributed by atoms with Gasteiger partial charge in [0.1, 0.15) is 5.82 Å². The van der Waals surface area contributed by atoms with Gasteiger partial charge in [0.25, 0.3) is 0 Å². The Kier molecular flexibility index (Phi) is 2.83. The Labute approximate surface area is 97.5 Å². The zero-order chi connectivity index (χ0) is 11.7. The first kappa shape index (κ1) is 11.0. The third-order valence-corrected chi connectivity index (χ3v) is 2.66. The van der Waals surface area contributed by atoms with E-state index in [0.29, 0.717) is 11.4 Å². The second-order valence-electron chi connectivity index (χ2n) is 3.61. The Balaban J connectivity index is 2.43. The Morgan fingerprint density at radius 1 is 1.62 bits per heavy atom. The molecule has 0 fully saturated rings. The fourth-order valence-electron chi connectivity index (χ4n) is 1.68. The van der Waals surface area contributed by atoms with Gasteiger partial charge in [0.2, 0.25) is 0 Å². The molecule has 2 aromatic rings. The van der Waals surface area contributed by atoms with Gasteiger partial charge < -0.3 is 9.51 Å². The number of aryl methyl sites for hydroxylation is 2. The molecule has 0 amide bonds. The molecule has 0 aliphatic rings. The van der Waals surface area contributed by atoms with E-state index < -0.39 is 5.97 Å². The molecule has 0 atom stereocenters. The number of fused-ring (bicyclic) bond motifs is 1. The number of hydrogen-bond acceptors (Lipinski definition) is 2. The molecular weight excluding hydrogens is 228 g/mol. The third kappa shape index (κ3) is 2.02. The molecule has 0 radical (unpaired) electrons. The summed E-state index contributed by atoms with van der Waals surface area (Å²) < 4.78 is 1.88. The van der Waals surface area contributed by atoms with E-state index in [9.17, 15) is 4.79 Å². The maximum Gasteiger partial charge on any atom is 0.303 e. The number of aromatic nitrogens is 2. The molecule has 0 aliphatic carbocycles. The van der Waals surface area contributed by atoms with Gasteiger partial charge in [0.15, 0.2) is 0 Å². The van der Waals surface area contributed by atoms with E-state index >= 15 is 0 Å². The van der Waals surface area contributed by atoms with E-state index in [1.807, 2.05) is 23.6 Å². The molecule has 4 nitrogen and oxygen atoms in total. The highest BCUT2D eigenvalue weighted by molar-refractivity contribution is 6.30. The number of halogens is 1. The SMILES string of the molecule is Cc1nc(CCC(=O)O)n2ccc(Cl)cc12. The van der Waals surface area contributed by atoms with E-state index in [0.717, 1.165) is 17.0 Å². The van der Waals surface area contributed by atoms with Crippen LogP contribution in [-0.4, -0.2) is 20.5 Å². The summed E-state index contributed by atoms with van der Waals surface area (Å²) >= 11 is 5.89. The molecule has 16 heavy (non-hydrogen) atoms. The summed E-state index contributed by atoms with van der Waals surface area (Å²) in [5.41, 5.74) is 1.79. The fourth-order valence-corrected chi connectivity index (χ4v) is 1.84. The number of imidazole rings is 1. The lowest BCUT2D eigenvalue weighted by atomic mass is 10.3. The van der Waals surface area contributed by atoms with Gasteiger partial charge in [-0.15, -0.1) is 0 Å². The second kappa shape index (κ2) is 4.14. The van der Waals surface area contributed by atoms with Crippen molar-refractivity contribution in [3.63, 3.8) is 0 Å². The molecule has 1 N–H and O–H groups in total. The highest BCUT2D eigenvalue weighted by Crippen LogP contribution is 2.18. The van der Waals surface area contributed by atoms with E-state index in [2.05, 4.69) is 4.98 Å². The van der Waals surface area contributed by atoms with Gasteiger partial charge in [-0.1, -0.05) is 11.6 Å². The zero-order valence-corrected chi connectivity index (χ0v) is 9.53. The van der Waals surface area contributed by atoms with Crippen molar-refractivity contribution in [2.45, 2.75) is 19.8 Å². The summed E-state index contributed by atoms with van der Waals surface area (Å²) in [6.07, 6.45) is 2.32. The molecule has 0 saturated heterocycles. The standard InChI is InChI=1S/C11H11ClN2O2/c1-7-9-6-8(12)4-5-14(9)10(13-7)2-3-11(15)16/h4-6H,2-3H2,1H3,(H,15,16). The van der Waals surface area contributed by atoms with E-state index in [4.69, 9.17) is 16.7 Å². The van der Waals surface area contributed by atoms with Crippen molar-refractivity contribution < 1.29 is 9.90 Å². The van der Waals surface area contributed by atoms with Gasteiger partial charge >= 0.3 is 5.97 Å². The van der Waals surface area contributed by atoms with Gasteiger partial charge in [0.05, 0.1) is 17.6 Å². The van der Waals surface area contributed by atoms with Crippen molar-refractivity contribution in [1.82, 2.24) is 9.38 Å². The average molecular weight is 239 g/mol. The molecule has 84 valence electrons. The maximum absolute atomic E-state index is 10.5. The van der Waals surface area contributed by atoms with Crippen LogP contribution in [0.5, 0.6) is 0 Å². The monoisotopic (exact) mass is 238 g/mol. The van der Waals surface area contributed by atoms with E-state index in [1.54, 1.807) is 6.07 Å². The van der Waals surface area contributed by atoms with Crippen LogP contribution in [0.15, 0.2) is 18.3 Å². The van der Waals surface area contributed by atoms with Gasteiger partial charge in [-0.2, -0.15) is 0 Å². The number of rotatable bonds is 3. The van der Waals surface area contributed by atoms with Crippen LogP contribution in [0.1, 0.15) is 17.9 Å². The third-order valence-electron chi connectivity index (χ3n) is 2.42. The lowest BCUT2D eigenvalue weighted by molar-refractivity contribution is -0.137. The molecule has 2 heterocycles. The number of aliphatic carboxylic acids is 1. The summed E-state index contributed by atoms with van der Waals surface area (Å²) in [6.45, 7) is 1.88. The van der Waals surface area contributed by atoms with Gasteiger partial charge in [0, 0.05) is 17.6 Å². The van der Waals surface area contributed by atoms with E-state index in [-0.39, 0.29) is 6.42 Å². The molecule has 5 heteroatoms. The number of carboxylic acids is 1. The van der Waals surface area contributed by atoms with Crippen LogP contribution in [0.2, 0.25) is 5.02 Å².